The molecule has 2 N–H and O–H groups in total. The molecule has 4 rings (SSSR count). The summed E-state index contributed by atoms with van der Waals surface area (Å²) < 4.78 is 18.7. The van der Waals surface area contributed by atoms with E-state index in [0.717, 1.165) is 22.4 Å². The van der Waals surface area contributed by atoms with Gasteiger partial charge in [0.05, 0.1) is 24.4 Å². The number of carboxylic acids is 1. The van der Waals surface area contributed by atoms with Crippen LogP contribution in [-0.2, 0) is 11.2 Å². The fourth-order valence-electron chi connectivity index (χ4n) is 4.13. The predicted octanol–water partition coefficient (Wildman–Crippen LogP) is 5.73. The molecule has 4 aromatic rings. The monoisotopic (exact) mass is 501 g/mol. The van der Waals surface area contributed by atoms with E-state index in [1.165, 1.54) is 18.3 Å². The van der Waals surface area contributed by atoms with Crippen LogP contribution in [0.4, 0.5) is 4.39 Å². The van der Waals surface area contributed by atoms with E-state index < -0.39 is 5.97 Å². The van der Waals surface area contributed by atoms with Crippen molar-refractivity contribution in [2.24, 2.45) is 0 Å². The fourth-order valence-corrected chi connectivity index (χ4v) is 4.13. The summed E-state index contributed by atoms with van der Waals surface area (Å²) >= 11 is 0. The number of carbonyl (C=O) groups excluding carboxylic acids is 1. The fraction of sp³-hybridized carbons (Fsp3) is 0.241. The number of unbranched alkanes of at least 4 members (excludes halogenated alkanes) is 1. The number of nitrogens with one attached hydrogen (secondary N) is 1. The van der Waals surface area contributed by atoms with Gasteiger partial charge in [0, 0.05) is 23.6 Å². The number of carboxylic acid groups (broad SMARTS) is 1. The molecular weight excluding hydrogens is 473 g/mol. The van der Waals surface area contributed by atoms with Crippen LogP contribution < -0.4 is 10.1 Å². The maximum atomic E-state index is 13.5. The molecule has 0 saturated carbocycles. The number of hydrogen-bond acceptors (Lipinski definition) is 5. The van der Waals surface area contributed by atoms with Gasteiger partial charge in [-0.3, -0.25) is 9.59 Å². The van der Waals surface area contributed by atoms with Gasteiger partial charge in [-0.25, -0.2) is 14.4 Å². The zero-order valence-electron chi connectivity index (χ0n) is 20.7. The highest BCUT2D eigenvalue weighted by Gasteiger charge is 2.15. The minimum absolute atomic E-state index is 0.0884. The molecule has 7 nitrogen and oxygen atoms in total. The third-order valence-corrected chi connectivity index (χ3v) is 6.18. The Bertz CT molecular complexity index is 1410. The third-order valence-electron chi connectivity index (χ3n) is 6.18. The highest BCUT2D eigenvalue weighted by molar-refractivity contribution is 5.97. The number of rotatable bonds is 10. The Morgan fingerprint density at radius 2 is 1.78 bits per heavy atom. The molecule has 0 fully saturated rings. The third kappa shape index (κ3) is 6.46. The summed E-state index contributed by atoms with van der Waals surface area (Å²) in [5.74, 6) is -0.695. The van der Waals surface area contributed by atoms with E-state index in [2.05, 4.69) is 10.3 Å². The Hall–Kier alpha value is -4.33. The van der Waals surface area contributed by atoms with Crippen molar-refractivity contribution in [1.29, 1.82) is 0 Å². The average molecular weight is 502 g/mol. The van der Waals surface area contributed by atoms with Crippen molar-refractivity contribution in [1.82, 2.24) is 15.3 Å². The second kappa shape index (κ2) is 11.6. The summed E-state index contributed by atoms with van der Waals surface area (Å²) in [5.41, 5.74) is 4.11. The van der Waals surface area contributed by atoms with Crippen LogP contribution in [0.2, 0.25) is 0 Å². The average Bonchev–Trinajstić information content (AvgIpc) is 2.90. The van der Waals surface area contributed by atoms with Gasteiger partial charge in [0.1, 0.15) is 11.6 Å². The zero-order valence-corrected chi connectivity index (χ0v) is 20.7. The molecule has 2 aromatic heterocycles. The van der Waals surface area contributed by atoms with Gasteiger partial charge in [0.25, 0.3) is 5.91 Å². The summed E-state index contributed by atoms with van der Waals surface area (Å²) in [6.07, 6.45) is 3.35. The van der Waals surface area contributed by atoms with E-state index in [9.17, 15) is 14.0 Å². The summed E-state index contributed by atoms with van der Waals surface area (Å²) in [7, 11) is 1.60. The lowest BCUT2D eigenvalue weighted by molar-refractivity contribution is -0.137. The number of aromatic nitrogens is 2. The highest BCUT2D eigenvalue weighted by Crippen LogP contribution is 2.27. The van der Waals surface area contributed by atoms with E-state index in [4.69, 9.17) is 14.8 Å². The SMILES string of the molecule is COc1ccc([C@H](C)NC(=O)c2cnc3nc(-c4ccc(F)cc4)c(CCCCC(=O)O)cc3c2)cc1. The Kier molecular flexibility index (Phi) is 8.08. The number of methoxy groups -OCH3 is 1. The maximum absolute atomic E-state index is 13.5. The quantitative estimate of drug-likeness (QED) is 0.269. The summed E-state index contributed by atoms with van der Waals surface area (Å²) in [4.78, 5) is 33.0. The number of ether oxygens (including phenoxy) is 1. The lowest BCUT2D eigenvalue weighted by Crippen LogP contribution is -2.26. The number of aryl methyl sites for hydroxylation is 1. The Morgan fingerprint density at radius 3 is 2.46 bits per heavy atom. The van der Waals surface area contributed by atoms with E-state index in [0.29, 0.717) is 41.6 Å². The van der Waals surface area contributed by atoms with Crippen LogP contribution in [0.1, 0.15) is 53.7 Å². The summed E-state index contributed by atoms with van der Waals surface area (Å²) in [6.45, 7) is 1.90. The van der Waals surface area contributed by atoms with Crippen LogP contribution in [0.15, 0.2) is 66.9 Å². The molecule has 0 saturated heterocycles. The summed E-state index contributed by atoms with van der Waals surface area (Å²) in [6, 6.07) is 17.0. The van der Waals surface area contributed by atoms with Gasteiger partial charge in [0.15, 0.2) is 5.65 Å². The summed E-state index contributed by atoms with van der Waals surface area (Å²) in [5, 5.41) is 12.6. The van der Waals surface area contributed by atoms with Crippen molar-refractivity contribution in [3.8, 4) is 17.0 Å². The van der Waals surface area contributed by atoms with Gasteiger partial charge in [-0.1, -0.05) is 12.1 Å². The molecule has 2 aromatic carbocycles. The first kappa shape index (κ1) is 25.8. The number of amides is 1. The second-order valence-electron chi connectivity index (χ2n) is 8.84. The molecule has 37 heavy (non-hydrogen) atoms. The Morgan fingerprint density at radius 1 is 1.05 bits per heavy atom. The molecule has 0 unspecified atom stereocenters. The molecule has 0 aliphatic heterocycles. The number of nitrogens with zero attached hydrogens (tertiary/aromatic N) is 2. The lowest BCUT2D eigenvalue weighted by Gasteiger charge is -2.15. The minimum atomic E-state index is -0.834. The topological polar surface area (TPSA) is 101 Å². The smallest absolute Gasteiger partial charge is 0.303 e. The van der Waals surface area contributed by atoms with Gasteiger partial charge < -0.3 is 15.2 Å². The Labute approximate surface area is 214 Å². The second-order valence-corrected chi connectivity index (χ2v) is 8.84. The number of benzene rings is 2. The predicted molar refractivity (Wildman–Crippen MR) is 139 cm³/mol. The molecule has 190 valence electrons. The van der Waals surface area contributed by atoms with Crippen LogP contribution in [0.25, 0.3) is 22.3 Å². The van der Waals surface area contributed by atoms with Gasteiger partial charge >= 0.3 is 5.97 Å². The maximum Gasteiger partial charge on any atom is 0.303 e. The first-order valence-electron chi connectivity index (χ1n) is 12.1. The molecule has 0 aliphatic carbocycles. The van der Waals surface area contributed by atoms with Crippen molar-refractivity contribution >= 4 is 22.9 Å². The highest BCUT2D eigenvalue weighted by atomic mass is 19.1. The van der Waals surface area contributed by atoms with Crippen LogP contribution in [0, 0.1) is 5.82 Å². The van der Waals surface area contributed by atoms with Crippen LogP contribution in [0.5, 0.6) is 5.75 Å². The number of halogens is 1. The number of pyridine rings is 2. The van der Waals surface area contributed by atoms with Crippen molar-refractivity contribution < 1.29 is 23.8 Å². The van der Waals surface area contributed by atoms with E-state index >= 15 is 0 Å². The van der Waals surface area contributed by atoms with E-state index in [1.54, 1.807) is 25.3 Å². The van der Waals surface area contributed by atoms with Crippen molar-refractivity contribution in [2.45, 2.75) is 38.6 Å². The molecule has 1 atom stereocenters. The van der Waals surface area contributed by atoms with E-state index in [1.807, 2.05) is 37.3 Å². The van der Waals surface area contributed by atoms with Crippen LogP contribution in [0.3, 0.4) is 0 Å². The number of hydrogen-bond donors (Lipinski definition) is 2. The number of aliphatic carboxylic acids is 1. The number of fused-ring (bicyclic) bond motifs is 1. The molecule has 0 aliphatic rings. The minimum Gasteiger partial charge on any atom is -0.497 e. The Balaban J connectivity index is 1.60. The normalized spacial score (nSPS) is 11.8. The molecule has 1 amide bonds. The first-order chi connectivity index (χ1) is 17.8. The van der Waals surface area contributed by atoms with Gasteiger partial charge in [-0.05, 0) is 85.8 Å². The van der Waals surface area contributed by atoms with Crippen LogP contribution >= 0.6 is 0 Å². The van der Waals surface area contributed by atoms with Gasteiger partial charge in [-0.2, -0.15) is 0 Å². The standard InChI is InChI=1S/C29H28FN3O4/c1-18(19-9-13-25(37-2)14-10-19)32-29(36)23-16-22-15-21(5-3-4-6-26(34)35)27(33-28(22)31-17-23)20-7-11-24(30)12-8-20/h7-18H,3-6H2,1-2H3,(H,32,36)(H,34,35)/t18-/m0/s1. The van der Waals surface area contributed by atoms with Gasteiger partial charge in [0.2, 0.25) is 0 Å². The van der Waals surface area contributed by atoms with Crippen molar-refractivity contribution in [2.75, 3.05) is 7.11 Å². The lowest BCUT2D eigenvalue weighted by atomic mass is 9.99. The van der Waals surface area contributed by atoms with Crippen molar-refractivity contribution in [3.05, 3.63) is 89.4 Å². The molecule has 8 heteroatoms. The largest absolute Gasteiger partial charge is 0.497 e. The molecule has 0 radical (unpaired) electrons. The molecular formula is C29H28FN3O4. The molecule has 0 spiro atoms. The molecule has 2 heterocycles. The van der Waals surface area contributed by atoms with Gasteiger partial charge in [-0.15, -0.1) is 0 Å². The number of carbonyl (C=O) groups is 2. The van der Waals surface area contributed by atoms with Crippen molar-refractivity contribution in [3.63, 3.8) is 0 Å². The van der Waals surface area contributed by atoms with E-state index in [-0.39, 0.29) is 24.2 Å². The molecule has 0 bridgehead atoms. The first-order valence-corrected chi connectivity index (χ1v) is 12.1. The zero-order chi connectivity index (χ0) is 26.4. The van der Waals surface area contributed by atoms with Crippen LogP contribution in [-0.4, -0.2) is 34.1 Å².